The maximum Gasteiger partial charge on any atom is 0.416 e. The lowest BCUT2D eigenvalue weighted by Crippen LogP contribution is -2.09. The Kier molecular flexibility index (Phi) is 5.97. The Morgan fingerprint density at radius 3 is 2.41 bits per heavy atom. The summed E-state index contributed by atoms with van der Waals surface area (Å²) in [6, 6.07) is 10.4. The van der Waals surface area contributed by atoms with Gasteiger partial charge in [-0.15, -0.1) is 0 Å². The molecule has 0 aliphatic carbocycles. The van der Waals surface area contributed by atoms with E-state index < -0.39 is 11.7 Å². The zero-order chi connectivity index (χ0) is 21.0. The van der Waals surface area contributed by atoms with Crippen molar-refractivity contribution in [2.45, 2.75) is 12.7 Å². The van der Waals surface area contributed by atoms with Crippen molar-refractivity contribution >= 4 is 34.6 Å². The van der Waals surface area contributed by atoms with Gasteiger partial charge in [0.05, 0.1) is 23.4 Å². The predicted octanol–water partition coefficient (Wildman–Crippen LogP) is 5.10. The molecular weight excluding hydrogens is 407 g/mol. The zero-order valence-electron chi connectivity index (χ0n) is 15.2. The molecule has 10 heteroatoms. The fraction of sp³-hybridized carbons (Fsp3) is 0.158. The highest BCUT2D eigenvalue weighted by Crippen LogP contribution is 2.36. The minimum absolute atomic E-state index is 0.0352. The molecule has 152 valence electrons. The van der Waals surface area contributed by atoms with Crippen LogP contribution in [0.25, 0.3) is 0 Å². The minimum Gasteiger partial charge on any atom is -0.497 e. The molecule has 0 radical (unpaired) electrons. The van der Waals surface area contributed by atoms with Crippen molar-refractivity contribution in [3.8, 4) is 5.75 Å². The molecule has 0 amide bonds. The Morgan fingerprint density at radius 1 is 1.07 bits per heavy atom. The lowest BCUT2D eigenvalue weighted by molar-refractivity contribution is -0.137. The number of hydrogen-bond acceptors (Lipinski definition) is 6. The number of hydrogen-bond donors (Lipinski definition) is 3. The van der Waals surface area contributed by atoms with Crippen LogP contribution in [0.5, 0.6) is 5.75 Å². The number of halogens is 4. The van der Waals surface area contributed by atoms with Gasteiger partial charge in [0.2, 0.25) is 0 Å². The number of ether oxygens (including phenoxy) is 1. The van der Waals surface area contributed by atoms with Crippen LogP contribution in [0.3, 0.4) is 0 Å². The van der Waals surface area contributed by atoms with Gasteiger partial charge in [0.25, 0.3) is 0 Å². The molecule has 2 aromatic carbocycles. The quantitative estimate of drug-likeness (QED) is 0.511. The maximum atomic E-state index is 13.0. The van der Waals surface area contributed by atoms with Gasteiger partial charge in [0, 0.05) is 6.54 Å². The summed E-state index contributed by atoms with van der Waals surface area (Å²) in [6.07, 6.45) is -3.25. The van der Waals surface area contributed by atoms with Gasteiger partial charge in [0.1, 0.15) is 17.8 Å². The Labute approximate surface area is 169 Å². The van der Waals surface area contributed by atoms with Crippen molar-refractivity contribution in [3.05, 3.63) is 64.9 Å². The number of alkyl halides is 3. The van der Waals surface area contributed by atoms with Gasteiger partial charge in [0.15, 0.2) is 11.6 Å². The van der Waals surface area contributed by atoms with Crippen molar-refractivity contribution in [1.82, 2.24) is 9.97 Å². The number of anilines is 4. The van der Waals surface area contributed by atoms with Crippen LogP contribution in [-0.4, -0.2) is 17.1 Å². The van der Waals surface area contributed by atoms with Gasteiger partial charge in [-0.1, -0.05) is 23.7 Å². The normalized spacial score (nSPS) is 11.2. The highest BCUT2D eigenvalue weighted by atomic mass is 35.5. The number of methoxy groups -OCH3 is 1. The maximum absolute atomic E-state index is 13.0. The van der Waals surface area contributed by atoms with Crippen molar-refractivity contribution in [2.75, 3.05) is 23.5 Å². The van der Waals surface area contributed by atoms with Crippen molar-refractivity contribution < 1.29 is 17.9 Å². The van der Waals surface area contributed by atoms with E-state index in [2.05, 4.69) is 20.6 Å². The molecule has 3 rings (SSSR count). The molecule has 1 heterocycles. The average Bonchev–Trinajstić information content (AvgIpc) is 2.69. The molecule has 3 aromatic rings. The van der Waals surface area contributed by atoms with E-state index in [4.69, 9.17) is 22.1 Å². The van der Waals surface area contributed by atoms with E-state index in [1.807, 2.05) is 24.3 Å². The van der Waals surface area contributed by atoms with E-state index >= 15 is 0 Å². The molecule has 0 fully saturated rings. The van der Waals surface area contributed by atoms with Crippen molar-refractivity contribution in [3.63, 3.8) is 0 Å². The topological polar surface area (TPSA) is 85.1 Å². The van der Waals surface area contributed by atoms with Crippen LogP contribution in [-0.2, 0) is 12.7 Å². The van der Waals surface area contributed by atoms with Crippen molar-refractivity contribution in [2.24, 2.45) is 0 Å². The lowest BCUT2D eigenvalue weighted by atomic mass is 10.2. The SMILES string of the molecule is COc1ccc(CNc2ncnc(Nc3cc(C(F)(F)F)ccc3Cl)c2N)cc1. The van der Waals surface area contributed by atoms with E-state index in [-0.39, 0.29) is 22.2 Å². The third-order valence-corrected chi connectivity index (χ3v) is 4.38. The molecule has 6 nitrogen and oxygen atoms in total. The predicted molar refractivity (Wildman–Crippen MR) is 107 cm³/mol. The summed E-state index contributed by atoms with van der Waals surface area (Å²) in [5.74, 6) is 1.21. The largest absolute Gasteiger partial charge is 0.497 e. The van der Waals surface area contributed by atoms with Crippen LogP contribution in [0.4, 0.5) is 36.2 Å². The molecular formula is C19H17ClF3N5O. The summed E-state index contributed by atoms with van der Waals surface area (Å²) in [7, 11) is 1.58. The Morgan fingerprint density at radius 2 is 1.76 bits per heavy atom. The molecule has 1 aromatic heterocycles. The highest BCUT2D eigenvalue weighted by molar-refractivity contribution is 6.33. The summed E-state index contributed by atoms with van der Waals surface area (Å²) in [5.41, 5.74) is 6.38. The average molecular weight is 424 g/mol. The van der Waals surface area contributed by atoms with E-state index in [1.54, 1.807) is 7.11 Å². The second-order valence-corrected chi connectivity index (χ2v) is 6.41. The third kappa shape index (κ3) is 5.00. The lowest BCUT2D eigenvalue weighted by Gasteiger charge is -2.15. The first-order chi connectivity index (χ1) is 13.8. The van der Waals surface area contributed by atoms with E-state index in [9.17, 15) is 13.2 Å². The first kappa shape index (κ1) is 20.5. The third-order valence-electron chi connectivity index (χ3n) is 4.05. The molecule has 0 atom stereocenters. The van der Waals surface area contributed by atoms with E-state index in [0.29, 0.717) is 12.4 Å². The van der Waals surface area contributed by atoms with Crippen LogP contribution < -0.4 is 21.1 Å². The van der Waals surface area contributed by atoms with Crippen LogP contribution in [0.2, 0.25) is 5.02 Å². The second-order valence-electron chi connectivity index (χ2n) is 6.00. The number of nitrogens with one attached hydrogen (secondary N) is 2. The fourth-order valence-corrected chi connectivity index (χ4v) is 2.65. The molecule has 29 heavy (non-hydrogen) atoms. The van der Waals surface area contributed by atoms with E-state index in [0.717, 1.165) is 29.5 Å². The standard InChI is InChI=1S/C19H17ClF3N5O/c1-29-13-5-2-11(3-6-13)9-25-17-16(24)18(27-10-26-17)28-15-8-12(19(21,22)23)4-7-14(15)20/h2-8,10H,9,24H2,1H3,(H2,25,26,27,28). The molecule has 0 unspecified atom stereocenters. The zero-order valence-corrected chi connectivity index (χ0v) is 16.0. The van der Waals surface area contributed by atoms with Crippen LogP contribution in [0.1, 0.15) is 11.1 Å². The molecule has 0 aliphatic heterocycles. The minimum atomic E-state index is -4.50. The van der Waals surface area contributed by atoms with Gasteiger partial charge >= 0.3 is 6.18 Å². The summed E-state index contributed by atoms with van der Waals surface area (Å²) < 4.78 is 44.0. The fourth-order valence-electron chi connectivity index (χ4n) is 2.49. The monoisotopic (exact) mass is 423 g/mol. The van der Waals surface area contributed by atoms with Crippen LogP contribution >= 0.6 is 11.6 Å². The Balaban J connectivity index is 1.78. The number of rotatable bonds is 6. The van der Waals surface area contributed by atoms with Gasteiger partial charge < -0.3 is 21.1 Å². The summed E-state index contributed by atoms with van der Waals surface area (Å²) in [4.78, 5) is 8.08. The van der Waals surface area contributed by atoms with Gasteiger partial charge in [-0.3, -0.25) is 0 Å². The van der Waals surface area contributed by atoms with Gasteiger partial charge in [-0.25, -0.2) is 9.97 Å². The molecule has 0 aliphatic rings. The molecule has 4 N–H and O–H groups in total. The number of aromatic nitrogens is 2. The van der Waals surface area contributed by atoms with Crippen LogP contribution in [0.15, 0.2) is 48.8 Å². The molecule has 0 spiro atoms. The molecule has 0 saturated heterocycles. The number of nitrogen functional groups attached to an aromatic ring is 1. The molecule has 0 bridgehead atoms. The second kappa shape index (κ2) is 8.44. The van der Waals surface area contributed by atoms with Crippen LogP contribution in [0, 0.1) is 0 Å². The first-order valence-electron chi connectivity index (χ1n) is 8.39. The number of nitrogens with two attached hydrogens (primary N) is 1. The van der Waals surface area contributed by atoms with Crippen molar-refractivity contribution in [1.29, 1.82) is 0 Å². The van der Waals surface area contributed by atoms with E-state index in [1.165, 1.54) is 6.33 Å². The summed E-state index contributed by atoms with van der Waals surface area (Å²) in [5, 5.41) is 5.92. The molecule has 0 saturated carbocycles. The Bertz CT molecular complexity index is 996. The van der Waals surface area contributed by atoms with Gasteiger partial charge in [-0.2, -0.15) is 13.2 Å². The number of nitrogens with zero attached hydrogens (tertiary/aromatic N) is 2. The smallest absolute Gasteiger partial charge is 0.416 e. The summed E-state index contributed by atoms with van der Waals surface area (Å²) >= 11 is 6.01. The highest BCUT2D eigenvalue weighted by Gasteiger charge is 2.31. The summed E-state index contributed by atoms with van der Waals surface area (Å²) in [6.45, 7) is 0.426. The van der Waals surface area contributed by atoms with Gasteiger partial charge in [-0.05, 0) is 35.9 Å². The number of benzene rings is 2. The Hall–Kier alpha value is -3.20. The first-order valence-corrected chi connectivity index (χ1v) is 8.77.